The van der Waals surface area contributed by atoms with E-state index in [1.165, 1.54) is 0 Å². The highest BCUT2D eigenvalue weighted by Crippen LogP contribution is 2.28. The number of hydrogen-bond acceptors (Lipinski definition) is 4. The van der Waals surface area contributed by atoms with Crippen LogP contribution in [0.15, 0.2) is 0 Å². The van der Waals surface area contributed by atoms with E-state index in [2.05, 4.69) is 27.7 Å². The minimum atomic E-state index is -0.278. The number of hydrogen-bond donors (Lipinski definition) is 0. The van der Waals surface area contributed by atoms with Gasteiger partial charge in [0.05, 0.1) is 11.8 Å². The Kier molecular flexibility index (Phi) is 12.6. The Balaban J connectivity index is 4.53. The summed E-state index contributed by atoms with van der Waals surface area (Å²) in [5.74, 6) is -0.407. The summed E-state index contributed by atoms with van der Waals surface area (Å²) in [6.45, 7) is 12.9. The molecule has 0 spiro atoms. The Hall–Kier alpha value is -1.06. The van der Waals surface area contributed by atoms with Crippen molar-refractivity contribution in [1.29, 1.82) is 0 Å². The zero-order valence-electron chi connectivity index (χ0n) is 17.4. The molecule has 0 bridgehead atoms. The fourth-order valence-corrected chi connectivity index (χ4v) is 2.69. The zero-order chi connectivity index (χ0) is 19.3. The third-order valence-corrected chi connectivity index (χ3v) is 5.33. The molecular weight excluding hydrogens is 316 g/mol. The van der Waals surface area contributed by atoms with E-state index in [1.54, 1.807) is 0 Å². The van der Waals surface area contributed by atoms with Crippen molar-refractivity contribution in [3.8, 4) is 0 Å². The van der Waals surface area contributed by atoms with Gasteiger partial charge in [0.2, 0.25) is 0 Å². The van der Waals surface area contributed by atoms with E-state index in [-0.39, 0.29) is 29.2 Å². The molecule has 0 aliphatic carbocycles. The van der Waals surface area contributed by atoms with Crippen molar-refractivity contribution in [3.63, 3.8) is 0 Å². The summed E-state index contributed by atoms with van der Waals surface area (Å²) >= 11 is 0. The summed E-state index contributed by atoms with van der Waals surface area (Å²) in [4.78, 5) is 24.3. The molecule has 0 amide bonds. The Bertz CT molecular complexity index is 342. The molecule has 0 heterocycles. The molecule has 0 aromatic rings. The number of carbonyl (C=O) groups excluding carboxylic acids is 2. The van der Waals surface area contributed by atoms with Crippen molar-refractivity contribution in [2.24, 2.45) is 17.3 Å². The molecule has 0 radical (unpaired) electrons. The second-order valence-electron chi connectivity index (χ2n) is 7.51. The summed E-state index contributed by atoms with van der Waals surface area (Å²) in [7, 11) is 0. The fraction of sp³-hybridized carbons (Fsp3) is 0.905. The minimum Gasteiger partial charge on any atom is -0.465 e. The average molecular weight is 357 g/mol. The van der Waals surface area contributed by atoms with Crippen molar-refractivity contribution < 1.29 is 19.1 Å². The van der Waals surface area contributed by atoms with Gasteiger partial charge in [-0.15, -0.1) is 0 Å². The lowest BCUT2D eigenvalue weighted by molar-refractivity contribution is -0.159. The predicted octanol–water partition coefficient (Wildman–Crippen LogP) is 5.53. The van der Waals surface area contributed by atoms with Gasteiger partial charge < -0.3 is 9.47 Å². The first-order valence-electron chi connectivity index (χ1n) is 10.2. The summed E-state index contributed by atoms with van der Waals surface area (Å²) in [5, 5.41) is 0. The van der Waals surface area contributed by atoms with Crippen LogP contribution in [0.25, 0.3) is 0 Å². The molecule has 4 nitrogen and oxygen atoms in total. The molecule has 0 N–H and O–H groups in total. The lowest BCUT2D eigenvalue weighted by atomic mass is 9.84. The van der Waals surface area contributed by atoms with Crippen molar-refractivity contribution in [1.82, 2.24) is 0 Å². The van der Waals surface area contributed by atoms with Gasteiger partial charge in [0.1, 0.15) is 13.2 Å². The number of unbranched alkanes of at least 4 members (excludes halogenated alkanes) is 2. The first-order valence-corrected chi connectivity index (χ1v) is 10.2. The minimum absolute atomic E-state index is 0.0667. The number of esters is 2. The highest BCUT2D eigenvalue weighted by Gasteiger charge is 2.31. The number of carbonyl (C=O) groups is 2. The van der Waals surface area contributed by atoms with E-state index < -0.39 is 0 Å². The van der Waals surface area contributed by atoms with Gasteiger partial charge in [0.25, 0.3) is 0 Å². The maximum absolute atomic E-state index is 12.2. The quantitative estimate of drug-likeness (QED) is 0.384. The van der Waals surface area contributed by atoms with Crippen LogP contribution in [0.4, 0.5) is 0 Å². The van der Waals surface area contributed by atoms with E-state index in [0.717, 1.165) is 51.4 Å². The molecule has 0 aliphatic heterocycles. The van der Waals surface area contributed by atoms with Crippen LogP contribution in [-0.4, -0.2) is 25.2 Å². The van der Waals surface area contributed by atoms with Crippen molar-refractivity contribution in [2.75, 3.05) is 13.2 Å². The van der Waals surface area contributed by atoms with Crippen LogP contribution < -0.4 is 0 Å². The van der Waals surface area contributed by atoms with Gasteiger partial charge in [0.15, 0.2) is 0 Å². The molecule has 148 valence electrons. The fourth-order valence-electron chi connectivity index (χ4n) is 2.69. The summed E-state index contributed by atoms with van der Waals surface area (Å²) in [6, 6.07) is 0. The van der Waals surface area contributed by atoms with Crippen LogP contribution in [0.5, 0.6) is 0 Å². The van der Waals surface area contributed by atoms with Gasteiger partial charge in [-0.3, -0.25) is 9.59 Å². The molecule has 0 saturated carbocycles. The van der Waals surface area contributed by atoms with Gasteiger partial charge in [0, 0.05) is 5.41 Å². The Morgan fingerprint density at radius 2 is 1.12 bits per heavy atom. The predicted molar refractivity (Wildman–Crippen MR) is 102 cm³/mol. The maximum atomic E-state index is 12.2. The molecule has 0 aromatic heterocycles. The first kappa shape index (κ1) is 23.9. The Morgan fingerprint density at radius 3 is 1.40 bits per heavy atom. The van der Waals surface area contributed by atoms with E-state index >= 15 is 0 Å². The molecule has 0 rings (SSSR count). The monoisotopic (exact) mass is 356 g/mol. The molecule has 4 heteroatoms. The maximum Gasteiger partial charge on any atom is 0.308 e. The van der Waals surface area contributed by atoms with Gasteiger partial charge in [-0.2, -0.15) is 0 Å². The first-order chi connectivity index (χ1) is 11.9. The molecule has 2 atom stereocenters. The Labute approximate surface area is 155 Å². The molecule has 0 aliphatic rings. The lowest BCUT2D eigenvalue weighted by Crippen LogP contribution is -2.35. The highest BCUT2D eigenvalue weighted by atomic mass is 16.5. The molecular formula is C21H40O4. The van der Waals surface area contributed by atoms with Gasteiger partial charge >= 0.3 is 11.9 Å². The SMILES string of the molecule is CCCCC(C)C(=O)OCC(CC)(CC)COC(=O)C(C)CCCC. The molecule has 0 aromatic carbocycles. The molecule has 0 fully saturated rings. The second-order valence-corrected chi connectivity index (χ2v) is 7.51. The van der Waals surface area contributed by atoms with Crippen LogP contribution in [0.1, 0.15) is 92.9 Å². The average Bonchev–Trinajstić information content (AvgIpc) is 2.64. The molecule has 2 unspecified atom stereocenters. The molecule has 25 heavy (non-hydrogen) atoms. The van der Waals surface area contributed by atoms with E-state index in [1.807, 2.05) is 13.8 Å². The van der Waals surface area contributed by atoms with Crippen molar-refractivity contribution in [3.05, 3.63) is 0 Å². The zero-order valence-corrected chi connectivity index (χ0v) is 17.4. The molecule has 0 saturated heterocycles. The Morgan fingerprint density at radius 1 is 0.760 bits per heavy atom. The normalized spacial score (nSPS) is 14.0. The van der Waals surface area contributed by atoms with Gasteiger partial charge in [-0.05, 0) is 25.7 Å². The largest absolute Gasteiger partial charge is 0.465 e. The lowest BCUT2D eigenvalue weighted by Gasteiger charge is -2.31. The third-order valence-electron chi connectivity index (χ3n) is 5.33. The van der Waals surface area contributed by atoms with Crippen LogP contribution >= 0.6 is 0 Å². The van der Waals surface area contributed by atoms with Crippen molar-refractivity contribution in [2.45, 2.75) is 92.9 Å². The summed E-state index contributed by atoms with van der Waals surface area (Å²) in [5.41, 5.74) is -0.278. The van der Waals surface area contributed by atoms with Crippen LogP contribution in [0.3, 0.4) is 0 Å². The van der Waals surface area contributed by atoms with E-state index in [0.29, 0.717) is 13.2 Å². The highest BCUT2D eigenvalue weighted by molar-refractivity contribution is 5.72. The van der Waals surface area contributed by atoms with Crippen molar-refractivity contribution >= 4 is 11.9 Å². The van der Waals surface area contributed by atoms with Gasteiger partial charge in [-0.1, -0.05) is 67.2 Å². The van der Waals surface area contributed by atoms with E-state index in [4.69, 9.17) is 9.47 Å². The standard InChI is InChI=1S/C21H40O4/c1-7-11-13-17(5)19(22)24-15-21(9-3,10-4)16-25-20(23)18(6)14-12-8-2/h17-18H,7-16H2,1-6H3. The number of ether oxygens (including phenoxy) is 2. The summed E-state index contributed by atoms with van der Waals surface area (Å²) < 4.78 is 11.2. The van der Waals surface area contributed by atoms with Crippen LogP contribution in [0.2, 0.25) is 0 Å². The summed E-state index contributed by atoms with van der Waals surface area (Å²) in [6.07, 6.45) is 7.60. The number of rotatable bonds is 14. The van der Waals surface area contributed by atoms with E-state index in [9.17, 15) is 9.59 Å². The van der Waals surface area contributed by atoms with Crippen LogP contribution in [-0.2, 0) is 19.1 Å². The topological polar surface area (TPSA) is 52.6 Å². The smallest absolute Gasteiger partial charge is 0.308 e. The van der Waals surface area contributed by atoms with Gasteiger partial charge in [-0.25, -0.2) is 0 Å². The third kappa shape index (κ3) is 9.27. The second kappa shape index (κ2) is 13.2. The van der Waals surface area contributed by atoms with Crippen LogP contribution in [0, 0.1) is 17.3 Å².